The second-order valence-electron chi connectivity index (χ2n) is 4.18. The van der Waals surface area contributed by atoms with Gasteiger partial charge in [0.2, 0.25) is 0 Å². The summed E-state index contributed by atoms with van der Waals surface area (Å²) in [4.78, 5) is 0. The maximum absolute atomic E-state index is 13.9. The van der Waals surface area contributed by atoms with Crippen LogP contribution in [0.3, 0.4) is 0 Å². The number of nitrogens with one attached hydrogen (secondary N) is 1. The summed E-state index contributed by atoms with van der Waals surface area (Å²) in [5.74, 6) is 5.24. The number of benzene rings is 2. The molecule has 0 aliphatic heterocycles. The van der Waals surface area contributed by atoms with E-state index in [1.165, 1.54) is 6.07 Å². The largest absolute Gasteiger partial charge is 0.271 e. The fourth-order valence-electron chi connectivity index (χ4n) is 1.93. The highest BCUT2D eigenvalue weighted by Crippen LogP contribution is 2.26. The minimum Gasteiger partial charge on any atom is -0.271 e. The smallest absolute Gasteiger partial charge is 0.129 e. The third-order valence-corrected chi connectivity index (χ3v) is 3.78. The summed E-state index contributed by atoms with van der Waals surface area (Å²) < 4.78 is 14.6. The van der Waals surface area contributed by atoms with Gasteiger partial charge in [-0.3, -0.25) is 11.3 Å². The molecule has 2 aromatic rings. The van der Waals surface area contributed by atoms with Gasteiger partial charge in [0.1, 0.15) is 5.82 Å². The van der Waals surface area contributed by atoms with E-state index in [2.05, 4.69) is 21.4 Å². The average Bonchev–Trinajstić information content (AvgIpc) is 2.39. The van der Waals surface area contributed by atoms with Crippen molar-refractivity contribution in [1.82, 2.24) is 5.43 Å². The van der Waals surface area contributed by atoms with Crippen LogP contribution in [0, 0.1) is 5.82 Å². The lowest BCUT2D eigenvalue weighted by Gasteiger charge is -2.18. The summed E-state index contributed by atoms with van der Waals surface area (Å²) in [5, 5.41) is 0.653. The summed E-state index contributed by atoms with van der Waals surface area (Å²) in [6.07, 6.45) is 0.523. The maximum atomic E-state index is 13.9. The molecule has 0 fully saturated rings. The Bertz CT molecular complexity index is 577. The van der Waals surface area contributed by atoms with Crippen LogP contribution in [0.1, 0.15) is 17.2 Å². The van der Waals surface area contributed by atoms with Crippen LogP contribution in [0.15, 0.2) is 46.9 Å². The second kappa shape index (κ2) is 6.48. The van der Waals surface area contributed by atoms with Crippen molar-refractivity contribution < 1.29 is 4.39 Å². The van der Waals surface area contributed by atoms with Crippen molar-refractivity contribution in [2.24, 2.45) is 5.84 Å². The van der Waals surface area contributed by atoms with Crippen LogP contribution < -0.4 is 11.3 Å². The van der Waals surface area contributed by atoms with E-state index in [1.807, 2.05) is 24.3 Å². The highest BCUT2D eigenvalue weighted by Gasteiger charge is 2.16. The molecule has 100 valence electrons. The van der Waals surface area contributed by atoms with E-state index in [0.717, 1.165) is 5.56 Å². The van der Waals surface area contributed by atoms with Crippen molar-refractivity contribution in [1.29, 1.82) is 0 Å². The number of halogens is 3. The minimum absolute atomic E-state index is 0.302. The molecule has 0 heterocycles. The van der Waals surface area contributed by atoms with E-state index in [1.54, 1.807) is 12.1 Å². The molecule has 1 atom stereocenters. The van der Waals surface area contributed by atoms with Crippen molar-refractivity contribution in [2.45, 2.75) is 12.5 Å². The molecule has 0 saturated carbocycles. The zero-order valence-corrected chi connectivity index (χ0v) is 12.4. The van der Waals surface area contributed by atoms with Crippen LogP contribution in [-0.4, -0.2) is 0 Å². The fourth-order valence-corrected chi connectivity index (χ4v) is 2.47. The highest BCUT2D eigenvalue weighted by molar-refractivity contribution is 9.10. The molecule has 0 radical (unpaired) electrons. The Balaban J connectivity index is 2.28. The normalized spacial score (nSPS) is 12.4. The molecule has 19 heavy (non-hydrogen) atoms. The molecule has 2 nitrogen and oxygen atoms in total. The lowest BCUT2D eigenvalue weighted by atomic mass is 9.99. The summed E-state index contributed by atoms with van der Waals surface area (Å²) in [6, 6.07) is 12.1. The summed E-state index contributed by atoms with van der Waals surface area (Å²) in [7, 11) is 0. The first kappa shape index (κ1) is 14.5. The Labute approximate surface area is 124 Å². The first-order chi connectivity index (χ1) is 9.11. The molecule has 0 amide bonds. The summed E-state index contributed by atoms with van der Waals surface area (Å²) in [6.45, 7) is 0. The van der Waals surface area contributed by atoms with Gasteiger partial charge in [0.05, 0.1) is 6.04 Å². The van der Waals surface area contributed by atoms with Crippen molar-refractivity contribution in [3.05, 3.63) is 68.9 Å². The summed E-state index contributed by atoms with van der Waals surface area (Å²) in [5.41, 5.74) is 4.08. The average molecular weight is 344 g/mol. The fraction of sp³-hybridized carbons (Fsp3) is 0.143. The van der Waals surface area contributed by atoms with E-state index >= 15 is 0 Å². The first-order valence-corrected chi connectivity index (χ1v) is 6.93. The quantitative estimate of drug-likeness (QED) is 0.651. The maximum Gasteiger partial charge on any atom is 0.129 e. The van der Waals surface area contributed by atoms with E-state index in [0.29, 0.717) is 21.5 Å². The molecular formula is C14H13BrClFN2. The van der Waals surface area contributed by atoms with Crippen LogP contribution in [0.5, 0.6) is 0 Å². The van der Waals surface area contributed by atoms with Crippen molar-refractivity contribution in [3.8, 4) is 0 Å². The lowest BCUT2D eigenvalue weighted by Crippen LogP contribution is -2.30. The van der Waals surface area contributed by atoms with Gasteiger partial charge in [0.15, 0.2) is 0 Å². The molecule has 2 rings (SSSR count). The van der Waals surface area contributed by atoms with Crippen molar-refractivity contribution in [2.75, 3.05) is 0 Å². The van der Waals surface area contributed by atoms with Gasteiger partial charge in [-0.2, -0.15) is 0 Å². The van der Waals surface area contributed by atoms with Crippen LogP contribution in [0.25, 0.3) is 0 Å². The van der Waals surface area contributed by atoms with Crippen LogP contribution in [0.2, 0.25) is 5.02 Å². The molecule has 3 N–H and O–H groups in total. The van der Waals surface area contributed by atoms with Gasteiger partial charge in [0, 0.05) is 15.1 Å². The molecule has 5 heteroatoms. The first-order valence-electron chi connectivity index (χ1n) is 5.76. The Hall–Kier alpha value is -0.940. The molecular weight excluding hydrogens is 331 g/mol. The van der Waals surface area contributed by atoms with Crippen molar-refractivity contribution >= 4 is 27.5 Å². The van der Waals surface area contributed by atoms with Crippen LogP contribution >= 0.6 is 27.5 Å². The molecule has 0 bridgehead atoms. The molecule has 0 aliphatic carbocycles. The number of hydrogen-bond acceptors (Lipinski definition) is 2. The molecule has 0 aromatic heterocycles. The minimum atomic E-state index is -0.326. The number of rotatable bonds is 4. The second-order valence-corrected chi connectivity index (χ2v) is 5.50. The third kappa shape index (κ3) is 3.54. The predicted molar refractivity (Wildman–Crippen MR) is 79.3 cm³/mol. The number of hydrogen-bond donors (Lipinski definition) is 2. The van der Waals surface area contributed by atoms with Gasteiger partial charge < -0.3 is 0 Å². The zero-order chi connectivity index (χ0) is 13.8. The van der Waals surface area contributed by atoms with E-state index < -0.39 is 0 Å². The number of nitrogens with two attached hydrogens (primary N) is 1. The number of hydrazine groups is 1. The Morgan fingerprint density at radius 3 is 2.63 bits per heavy atom. The predicted octanol–water partition coefficient (Wildman–Crippen LogP) is 3.99. The zero-order valence-electron chi connectivity index (χ0n) is 10.0. The van der Waals surface area contributed by atoms with Gasteiger partial charge >= 0.3 is 0 Å². The highest BCUT2D eigenvalue weighted by atomic mass is 79.9. The summed E-state index contributed by atoms with van der Waals surface area (Å²) >= 11 is 9.34. The molecule has 2 aromatic carbocycles. The molecule has 0 spiro atoms. The molecule has 0 saturated heterocycles. The third-order valence-electron chi connectivity index (χ3n) is 2.92. The topological polar surface area (TPSA) is 38.0 Å². The van der Waals surface area contributed by atoms with E-state index in [-0.39, 0.29) is 11.9 Å². The Morgan fingerprint density at radius 1 is 1.26 bits per heavy atom. The van der Waals surface area contributed by atoms with Gasteiger partial charge in [-0.25, -0.2) is 4.39 Å². The Kier molecular flexibility index (Phi) is 4.93. The van der Waals surface area contributed by atoms with Crippen molar-refractivity contribution in [3.63, 3.8) is 0 Å². The van der Waals surface area contributed by atoms with Gasteiger partial charge in [-0.15, -0.1) is 0 Å². The Morgan fingerprint density at radius 2 is 2.00 bits per heavy atom. The molecule has 0 aliphatic rings. The van der Waals surface area contributed by atoms with Gasteiger partial charge in [-0.1, -0.05) is 51.8 Å². The van der Waals surface area contributed by atoms with E-state index in [9.17, 15) is 4.39 Å². The monoisotopic (exact) mass is 342 g/mol. The lowest BCUT2D eigenvalue weighted by molar-refractivity contribution is 0.510. The van der Waals surface area contributed by atoms with Gasteiger partial charge in [0.25, 0.3) is 0 Å². The SMILES string of the molecule is NNC(Cc1ccccc1Cl)c1ccc(Br)cc1F. The van der Waals surface area contributed by atoms with Gasteiger partial charge in [-0.05, 0) is 30.2 Å². The molecule has 1 unspecified atom stereocenters. The van der Waals surface area contributed by atoms with E-state index in [4.69, 9.17) is 17.4 Å². The van der Waals surface area contributed by atoms with Crippen LogP contribution in [-0.2, 0) is 6.42 Å². The van der Waals surface area contributed by atoms with Crippen LogP contribution in [0.4, 0.5) is 4.39 Å². The standard InChI is InChI=1S/C14H13BrClFN2/c15-10-5-6-11(13(17)8-10)14(19-18)7-9-3-1-2-4-12(9)16/h1-6,8,14,19H,7,18H2.